The van der Waals surface area contributed by atoms with Crippen molar-refractivity contribution < 1.29 is 14.8 Å². The number of amides is 1. The van der Waals surface area contributed by atoms with Gasteiger partial charge in [-0.05, 0) is 43.2 Å². The molecule has 0 aliphatic carbocycles. The number of nitrogens with one attached hydrogen (secondary N) is 1. The van der Waals surface area contributed by atoms with E-state index in [9.17, 15) is 9.90 Å². The molecule has 0 spiro atoms. The third-order valence-electron chi connectivity index (χ3n) is 6.98. The minimum Gasteiger partial charge on any atom is -0.507 e. The van der Waals surface area contributed by atoms with Gasteiger partial charge in [-0.15, -0.1) is 0 Å². The molecule has 0 bridgehead atoms. The molecule has 0 radical (unpaired) electrons. The molecule has 0 aromatic heterocycles. The first kappa shape index (κ1) is 20.7. The molecule has 2 aliphatic heterocycles. The zero-order valence-electron chi connectivity index (χ0n) is 18.2. The summed E-state index contributed by atoms with van der Waals surface area (Å²) in [5, 5.41) is 10.0. The minimum atomic E-state index is 0.158. The summed E-state index contributed by atoms with van der Waals surface area (Å²) < 4.78 is 0. The van der Waals surface area contributed by atoms with Gasteiger partial charge >= 0.3 is 0 Å². The largest absolute Gasteiger partial charge is 0.507 e. The van der Waals surface area contributed by atoms with Crippen LogP contribution >= 0.6 is 0 Å². The predicted molar refractivity (Wildman–Crippen MR) is 120 cm³/mol. The van der Waals surface area contributed by atoms with Gasteiger partial charge in [-0.25, -0.2) is 0 Å². The van der Waals surface area contributed by atoms with E-state index < -0.39 is 0 Å². The molecule has 2 aromatic rings. The molecule has 4 rings (SSSR count). The van der Waals surface area contributed by atoms with Crippen molar-refractivity contribution in [2.45, 2.75) is 33.2 Å². The smallest absolute Gasteiger partial charge is 0.226 e. The highest BCUT2D eigenvalue weighted by atomic mass is 16.3. The van der Waals surface area contributed by atoms with Crippen molar-refractivity contribution in [3.63, 3.8) is 0 Å². The van der Waals surface area contributed by atoms with Crippen LogP contribution in [-0.4, -0.2) is 55.2 Å². The number of rotatable bonds is 4. The molecule has 0 atom stereocenters. The number of aromatic hydroxyl groups is 1. The maximum absolute atomic E-state index is 13.1. The maximum Gasteiger partial charge on any atom is 0.226 e. The Kier molecular flexibility index (Phi) is 6.28. The molecule has 0 saturated carbocycles. The zero-order valence-corrected chi connectivity index (χ0v) is 18.2. The van der Waals surface area contributed by atoms with Gasteiger partial charge in [0.15, 0.2) is 0 Å². The van der Waals surface area contributed by atoms with Gasteiger partial charge in [0.1, 0.15) is 12.3 Å². The van der Waals surface area contributed by atoms with Crippen LogP contribution in [0.5, 0.6) is 5.75 Å². The molecule has 2 heterocycles. The third kappa shape index (κ3) is 4.46. The van der Waals surface area contributed by atoms with Crippen LogP contribution in [0.4, 0.5) is 5.69 Å². The van der Waals surface area contributed by atoms with Crippen LogP contribution in [-0.2, 0) is 11.3 Å². The Morgan fingerprint density at radius 2 is 1.70 bits per heavy atom. The Labute approximate surface area is 179 Å². The lowest BCUT2D eigenvalue weighted by molar-refractivity contribution is -0.919. The molecule has 2 aliphatic rings. The van der Waals surface area contributed by atoms with Crippen LogP contribution in [0.25, 0.3) is 0 Å². The lowest BCUT2D eigenvalue weighted by Gasteiger charge is -2.39. The number of quaternary nitrogens is 1. The number of anilines is 1. The number of para-hydroxylation sites is 1. The zero-order chi connectivity index (χ0) is 21.1. The summed E-state index contributed by atoms with van der Waals surface area (Å²) in [5.41, 5.74) is 4.98. The fourth-order valence-corrected chi connectivity index (χ4v) is 4.88. The number of piperazine rings is 1. The summed E-state index contributed by atoms with van der Waals surface area (Å²) in [7, 11) is 0. The molecular formula is C25H34N3O2+. The lowest BCUT2D eigenvalue weighted by Crippen LogP contribution is -3.11. The summed E-state index contributed by atoms with van der Waals surface area (Å²) in [6.07, 6.45) is 1.89. The number of phenolic OH excluding ortho intramolecular Hbond substituents is 1. The second-order valence-electron chi connectivity index (χ2n) is 8.86. The van der Waals surface area contributed by atoms with E-state index in [0.717, 1.165) is 64.2 Å². The quantitative estimate of drug-likeness (QED) is 0.815. The number of carbonyl (C=O) groups excluding carboxylic acids is 1. The second kappa shape index (κ2) is 9.09. The van der Waals surface area contributed by atoms with Gasteiger partial charge in [-0.1, -0.05) is 24.3 Å². The topological polar surface area (TPSA) is 48.2 Å². The summed E-state index contributed by atoms with van der Waals surface area (Å²) >= 11 is 0. The molecular weight excluding hydrogens is 374 g/mol. The van der Waals surface area contributed by atoms with Crippen LogP contribution < -0.4 is 9.80 Å². The highest BCUT2D eigenvalue weighted by Crippen LogP contribution is 2.25. The van der Waals surface area contributed by atoms with Crippen LogP contribution in [0.1, 0.15) is 29.5 Å². The third-order valence-corrected chi connectivity index (χ3v) is 6.98. The van der Waals surface area contributed by atoms with E-state index in [1.807, 2.05) is 18.2 Å². The SMILES string of the molecule is Cc1cccc(N2CCN(C(=O)C3CC[NH+](Cc4ccccc4O)CC3)CC2)c1C. The number of nitrogens with zero attached hydrogens (tertiary/aromatic N) is 2. The average Bonchev–Trinajstić information content (AvgIpc) is 2.77. The number of piperidine rings is 1. The Morgan fingerprint density at radius 1 is 1.00 bits per heavy atom. The number of likely N-dealkylation sites (tertiary alicyclic amines) is 1. The fourth-order valence-electron chi connectivity index (χ4n) is 4.88. The average molecular weight is 409 g/mol. The lowest BCUT2D eigenvalue weighted by atomic mass is 9.94. The second-order valence-corrected chi connectivity index (χ2v) is 8.86. The number of carbonyl (C=O) groups is 1. The number of hydrogen-bond acceptors (Lipinski definition) is 3. The predicted octanol–water partition coefficient (Wildman–Crippen LogP) is 2.15. The number of phenols is 1. The van der Waals surface area contributed by atoms with E-state index in [0.29, 0.717) is 11.7 Å². The van der Waals surface area contributed by atoms with Crippen LogP contribution in [0.3, 0.4) is 0 Å². The number of hydrogen-bond donors (Lipinski definition) is 2. The van der Waals surface area contributed by atoms with Gasteiger partial charge in [0.05, 0.1) is 13.1 Å². The number of aryl methyl sites for hydroxylation is 1. The summed E-state index contributed by atoms with van der Waals surface area (Å²) in [6.45, 7) is 10.6. The van der Waals surface area contributed by atoms with Crippen molar-refractivity contribution in [3.8, 4) is 5.75 Å². The van der Waals surface area contributed by atoms with E-state index in [4.69, 9.17) is 0 Å². The Morgan fingerprint density at radius 3 is 2.40 bits per heavy atom. The Hall–Kier alpha value is -2.53. The van der Waals surface area contributed by atoms with E-state index >= 15 is 0 Å². The van der Waals surface area contributed by atoms with Crippen LogP contribution in [0.15, 0.2) is 42.5 Å². The molecule has 160 valence electrons. The van der Waals surface area contributed by atoms with Crippen molar-refractivity contribution in [1.82, 2.24) is 4.90 Å². The molecule has 1 amide bonds. The van der Waals surface area contributed by atoms with E-state index in [2.05, 4.69) is 41.8 Å². The van der Waals surface area contributed by atoms with Gasteiger partial charge in [0.25, 0.3) is 0 Å². The first-order valence-electron chi connectivity index (χ1n) is 11.2. The summed E-state index contributed by atoms with van der Waals surface area (Å²) in [4.78, 5) is 19.1. The Bertz CT molecular complexity index is 882. The number of benzene rings is 2. The molecule has 30 heavy (non-hydrogen) atoms. The molecule has 5 nitrogen and oxygen atoms in total. The van der Waals surface area contributed by atoms with Crippen LogP contribution in [0.2, 0.25) is 0 Å². The van der Waals surface area contributed by atoms with Crippen molar-refractivity contribution >= 4 is 11.6 Å². The molecule has 2 fully saturated rings. The molecule has 0 unspecified atom stereocenters. The van der Waals surface area contributed by atoms with Crippen molar-refractivity contribution in [3.05, 3.63) is 59.2 Å². The minimum absolute atomic E-state index is 0.158. The summed E-state index contributed by atoms with van der Waals surface area (Å²) in [6, 6.07) is 14.1. The van der Waals surface area contributed by atoms with Gasteiger partial charge in [0, 0.05) is 56.2 Å². The van der Waals surface area contributed by atoms with Gasteiger partial charge in [-0.3, -0.25) is 4.79 Å². The monoisotopic (exact) mass is 408 g/mol. The first-order valence-corrected chi connectivity index (χ1v) is 11.2. The van der Waals surface area contributed by atoms with E-state index in [-0.39, 0.29) is 5.92 Å². The van der Waals surface area contributed by atoms with E-state index in [1.54, 1.807) is 6.07 Å². The molecule has 5 heteroatoms. The summed E-state index contributed by atoms with van der Waals surface area (Å²) in [5.74, 6) is 0.882. The highest BCUT2D eigenvalue weighted by Gasteiger charge is 2.32. The normalized spacial score (nSPS) is 22.2. The Balaban J connectivity index is 1.27. The maximum atomic E-state index is 13.1. The molecule has 2 saturated heterocycles. The molecule has 2 aromatic carbocycles. The highest BCUT2D eigenvalue weighted by molar-refractivity contribution is 5.79. The van der Waals surface area contributed by atoms with Crippen molar-refractivity contribution in [2.75, 3.05) is 44.2 Å². The van der Waals surface area contributed by atoms with E-state index in [1.165, 1.54) is 21.7 Å². The van der Waals surface area contributed by atoms with Gasteiger partial charge in [0.2, 0.25) is 5.91 Å². The standard InChI is InChI=1S/C25H33N3O2/c1-19-6-5-8-23(20(19)2)27-14-16-28(17-15-27)25(30)21-10-12-26(13-11-21)18-22-7-3-4-9-24(22)29/h3-9,21,29H,10-18H2,1-2H3/p+1. The van der Waals surface area contributed by atoms with Gasteiger partial charge in [-0.2, -0.15) is 0 Å². The van der Waals surface area contributed by atoms with Gasteiger partial charge < -0.3 is 19.8 Å². The van der Waals surface area contributed by atoms with Crippen molar-refractivity contribution in [2.24, 2.45) is 5.92 Å². The first-order chi connectivity index (χ1) is 14.5. The molecule has 2 N–H and O–H groups in total. The van der Waals surface area contributed by atoms with Crippen LogP contribution in [0, 0.1) is 19.8 Å². The fraction of sp³-hybridized carbons (Fsp3) is 0.480. The van der Waals surface area contributed by atoms with Crippen molar-refractivity contribution in [1.29, 1.82) is 0 Å².